The molecule has 19 heavy (non-hydrogen) atoms. The van der Waals surface area contributed by atoms with Crippen molar-refractivity contribution in [2.75, 3.05) is 13.1 Å². The van der Waals surface area contributed by atoms with Crippen molar-refractivity contribution in [1.29, 1.82) is 0 Å². The van der Waals surface area contributed by atoms with Crippen molar-refractivity contribution in [3.63, 3.8) is 0 Å². The molecule has 3 atom stereocenters. The quantitative estimate of drug-likeness (QED) is 0.909. The summed E-state index contributed by atoms with van der Waals surface area (Å²) >= 11 is 0. The first-order valence-corrected chi connectivity index (χ1v) is 6.94. The Morgan fingerprint density at radius 1 is 1.37 bits per heavy atom. The molecule has 1 aromatic carbocycles. The summed E-state index contributed by atoms with van der Waals surface area (Å²) < 4.78 is 0. The number of carbonyl (C=O) groups is 1. The SMILES string of the molecule is Cc1ccc(C(C)N2C[C@@H](C)[C@H](C(=O)O)C2)c(C)c1. The highest BCUT2D eigenvalue weighted by molar-refractivity contribution is 5.71. The molecule has 0 bridgehead atoms. The lowest BCUT2D eigenvalue weighted by atomic mass is 9.99. The van der Waals surface area contributed by atoms with Crippen molar-refractivity contribution < 1.29 is 9.90 Å². The van der Waals surface area contributed by atoms with Crippen molar-refractivity contribution in [1.82, 2.24) is 4.90 Å². The predicted molar refractivity (Wildman–Crippen MR) is 76.2 cm³/mol. The lowest BCUT2D eigenvalue weighted by Crippen LogP contribution is -2.26. The summed E-state index contributed by atoms with van der Waals surface area (Å²) in [5.74, 6) is -0.665. The number of nitrogens with zero attached hydrogens (tertiary/aromatic N) is 1. The maximum atomic E-state index is 11.2. The van der Waals surface area contributed by atoms with Crippen LogP contribution in [0, 0.1) is 25.7 Å². The van der Waals surface area contributed by atoms with E-state index < -0.39 is 5.97 Å². The van der Waals surface area contributed by atoms with E-state index in [9.17, 15) is 9.90 Å². The van der Waals surface area contributed by atoms with Crippen LogP contribution in [-0.2, 0) is 4.79 Å². The van der Waals surface area contributed by atoms with Crippen LogP contribution in [0.4, 0.5) is 0 Å². The highest BCUT2D eigenvalue weighted by atomic mass is 16.4. The van der Waals surface area contributed by atoms with Gasteiger partial charge in [-0.05, 0) is 37.8 Å². The van der Waals surface area contributed by atoms with Crippen LogP contribution in [0.2, 0.25) is 0 Å². The van der Waals surface area contributed by atoms with Gasteiger partial charge in [-0.3, -0.25) is 9.69 Å². The summed E-state index contributed by atoms with van der Waals surface area (Å²) in [4.78, 5) is 13.5. The summed E-state index contributed by atoms with van der Waals surface area (Å²) in [6.07, 6.45) is 0. The number of aryl methyl sites for hydroxylation is 2. The Balaban J connectivity index is 2.17. The van der Waals surface area contributed by atoms with Gasteiger partial charge in [0, 0.05) is 19.1 Å². The Bertz CT molecular complexity index is 484. The minimum absolute atomic E-state index is 0.228. The third kappa shape index (κ3) is 2.81. The summed E-state index contributed by atoms with van der Waals surface area (Å²) in [7, 11) is 0. The van der Waals surface area contributed by atoms with Crippen LogP contribution < -0.4 is 0 Å². The van der Waals surface area contributed by atoms with Gasteiger partial charge >= 0.3 is 5.97 Å². The van der Waals surface area contributed by atoms with Crippen molar-refractivity contribution in [2.24, 2.45) is 11.8 Å². The number of aliphatic carboxylic acids is 1. The zero-order chi connectivity index (χ0) is 14.2. The van der Waals surface area contributed by atoms with Crippen LogP contribution >= 0.6 is 0 Å². The van der Waals surface area contributed by atoms with Gasteiger partial charge in [-0.25, -0.2) is 0 Å². The van der Waals surface area contributed by atoms with Crippen molar-refractivity contribution in [2.45, 2.75) is 33.7 Å². The van der Waals surface area contributed by atoms with E-state index in [2.05, 4.69) is 43.9 Å². The monoisotopic (exact) mass is 261 g/mol. The maximum absolute atomic E-state index is 11.2. The van der Waals surface area contributed by atoms with Crippen LogP contribution in [0.3, 0.4) is 0 Å². The first-order valence-electron chi connectivity index (χ1n) is 6.94. The number of rotatable bonds is 3. The van der Waals surface area contributed by atoms with E-state index in [1.54, 1.807) is 0 Å². The van der Waals surface area contributed by atoms with Gasteiger partial charge in [0.15, 0.2) is 0 Å². The average Bonchev–Trinajstić information content (AvgIpc) is 2.70. The smallest absolute Gasteiger partial charge is 0.308 e. The van der Waals surface area contributed by atoms with Gasteiger partial charge < -0.3 is 5.11 Å². The van der Waals surface area contributed by atoms with E-state index in [0.717, 1.165) is 6.54 Å². The lowest BCUT2D eigenvalue weighted by molar-refractivity contribution is -0.142. The minimum atomic E-state index is -0.664. The van der Waals surface area contributed by atoms with Crippen molar-refractivity contribution in [3.05, 3.63) is 34.9 Å². The third-order valence-corrected chi connectivity index (χ3v) is 4.38. The fourth-order valence-corrected chi connectivity index (χ4v) is 3.13. The second-order valence-electron chi connectivity index (χ2n) is 5.91. The van der Waals surface area contributed by atoms with E-state index in [4.69, 9.17) is 0 Å². The predicted octanol–water partition coefficient (Wildman–Crippen LogP) is 3.02. The number of carboxylic acid groups (broad SMARTS) is 1. The van der Waals surface area contributed by atoms with Crippen LogP contribution in [0.1, 0.15) is 36.6 Å². The number of carboxylic acids is 1. The van der Waals surface area contributed by atoms with Crippen molar-refractivity contribution >= 4 is 5.97 Å². The maximum Gasteiger partial charge on any atom is 0.308 e. The molecule has 0 spiro atoms. The highest BCUT2D eigenvalue weighted by Gasteiger charge is 2.37. The molecule has 1 aliphatic rings. The van der Waals surface area contributed by atoms with E-state index >= 15 is 0 Å². The Hall–Kier alpha value is -1.35. The highest BCUT2D eigenvalue weighted by Crippen LogP contribution is 2.32. The molecule has 3 nitrogen and oxygen atoms in total. The normalized spacial score (nSPS) is 25.5. The molecule has 1 heterocycles. The lowest BCUT2D eigenvalue weighted by Gasteiger charge is -2.26. The van der Waals surface area contributed by atoms with Crippen LogP contribution in [0.25, 0.3) is 0 Å². The number of hydrogen-bond donors (Lipinski definition) is 1. The van der Waals surface area contributed by atoms with Gasteiger partial charge in [-0.2, -0.15) is 0 Å². The molecule has 0 radical (unpaired) electrons. The fourth-order valence-electron chi connectivity index (χ4n) is 3.13. The molecule has 1 aromatic rings. The zero-order valence-corrected chi connectivity index (χ0v) is 12.2. The molecule has 0 saturated carbocycles. The molecule has 2 rings (SSSR count). The van der Waals surface area contributed by atoms with Gasteiger partial charge in [0.1, 0.15) is 0 Å². The van der Waals surface area contributed by atoms with E-state index in [0.29, 0.717) is 6.54 Å². The first-order chi connectivity index (χ1) is 8.90. The van der Waals surface area contributed by atoms with E-state index in [1.807, 2.05) is 6.92 Å². The Morgan fingerprint density at radius 3 is 2.58 bits per heavy atom. The summed E-state index contributed by atoms with van der Waals surface area (Å²) in [5.41, 5.74) is 3.87. The third-order valence-electron chi connectivity index (χ3n) is 4.38. The Labute approximate surface area is 115 Å². The second-order valence-corrected chi connectivity index (χ2v) is 5.91. The zero-order valence-electron chi connectivity index (χ0n) is 12.2. The molecular weight excluding hydrogens is 238 g/mol. The Morgan fingerprint density at radius 2 is 2.05 bits per heavy atom. The molecule has 1 fully saturated rings. The Kier molecular flexibility index (Phi) is 3.95. The molecule has 0 aromatic heterocycles. The second kappa shape index (κ2) is 5.33. The number of hydrogen-bond acceptors (Lipinski definition) is 2. The van der Waals surface area contributed by atoms with Gasteiger partial charge in [0.25, 0.3) is 0 Å². The van der Waals surface area contributed by atoms with Crippen LogP contribution in [0.15, 0.2) is 18.2 Å². The minimum Gasteiger partial charge on any atom is -0.481 e. The molecule has 1 saturated heterocycles. The topological polar surface area (TPSA) is 40.5 Å². The van der Waals surface area contributed by atoms with Gasteiger partial charge in [-0.15, -0.1) is 0 Å². The molecule has 0 amide bonds. The molecule has 0 aliphatic carbocycles. The molecule has 3 heteroatoms. The van der Waals surface area contributed by atoms with Gasteiger partial charge in [-0.1, -0.05) is 30.7 Å². The van der Waals surface area contributed by atoms with E-state index in [1.165, 1.54) is 16.7 Å². The molecule has 1 unspecified atom stereocenters. The summed E-state index contributed by atoms with van der Waals surface area (Å²) in [6, 6.07) is 6.79. The molecule has 1 aliphatic heterocycles. The van der Waals surface area contributed by atoms with Crippen LogP contribution in [0.5, 0.6) is 0 Å². The molecular formula is C16H23NO2. The van der Waals surface area contributed by atoms with Crippen molar-refractivity contribution in [3.8, 4) is 0 Å². The molecule has 104 valence electrons. The molecule has 1 N–H and O–H groups in total. The standard InChI is InChI=1S/C16H23NO2/c1-10-5-6-14(11(2)7-10)13(4)17-8-12(3)15(9-17)16(18)19/h5-7,12-13,15H,8-9H2,1-4H3,(H,18,19)/t12-,13?,15-/m1/s1. The number of likely N-dealkylation sites (tertiary alicyclic amines) is 1. The fraction of sp³-hybridized carbons (Fsp3) is 0.562. The van der Waals surface area contributed by atoms with Gasteiger partial charge in [0.2, 0.25) is 0 Å². The summed E-state index contributed by atoms with van der Waals surface area (Å²) in [5, 5.41) is 9.22. The first kappa shape index (κ1) is 14.1. The number of benzene rings is 1. The van der Waals surface area contributed by atoms with E-state index in [-0.39, 0.29) is 17.9 Å². The van der Waals surface area contributed by atoms with Gasteiger partial charge in [0.05, 0.1) is 5.92 Å². The summed E-state index contributed by atoms with van der Waals surface area (Å²) in [6.45, 7) is 9.96. The van der Waals surface area contributed by atoms with Crippen LogP contribution in [-0.4, -0.2) is 29.1 Å². The average molecular weight is 261 g/mol. The largest absolute Gasteiger partial charge is 0.481 e.